The number of para-hydroxylation sites is 2. The Bertz CT molecular complexity index is 1680. The predicted molar refractivity (Wildman–Crippen MR) is 167 cm³/mol. The molecule has 0 fully saturated rings. The van der Waals surface area contributed by atoms with Gasteiger partial charge in [0.25, 0.3) is 0 Å². The van der Waals surface area contributed by atoms with Crippen LogP contribution in [0.3, 0.4) is 0 Å². The summed E-state index contributed by atoms with van der Waals surface area (Å²) in [4.78, 5) is 46.4. The van der Waals surface area contributed by atoms with Gasteiger partial charge in [0, 0.05) is 13.8 Å². The zero-order valence-corrected chi connectivity index (χ0v) is 25.5. The number of carboxylic acids is 2. The highest BCUT2D eigenvalue weighted by atomic mass is 17.2. The molecule has 0 spiro atoms. The molecule has 0 aliphatic heterocycles. The van der Waals surface area contributed by atoms with Crippen molar-refractivity contribution in [2.24, 2.45) is 0 Å². The summed E-state index contributed by atoms with van der Waals surface area (Å²) in [6.45, 7) is 2.81. The molecule has 3 N–H and O–H groups in total. The van der Waals surface area contributed by atoms with Crippen molar-refractivity contribution in [1.82, 2.24) is 0 Å². The Hall–Kier alpha value is -6.03. The molecule has 244 valence electrons. The summed E-state index contributed by atoms with van der Waals surface area (Å²) in [5, 5.41) is 27.6. The molecule has 0 aliphatic rings. The van der Waals surface area contributed by atoms with E-state index in [4.69, 9.17) is 40.3 Å². The maximum atomic E-state index is 12.7. The van der Waals surface area contributed by atoms with Gasteiger partial charge >= 0.3 is 17.9 Å². The fourth-order valence-corrected chi connectivity index (χ4v) is 3.79. The summed E-state index contributed by atoms with van der Waals surface area (Å²) in [7, 11) is 0. The number of phenols is 1. The van der Waals surface area contributed by atoms with E-state index in [-0.39, 0.29) is 47.8 Å². The first-order valence-electron chi connectivity index (χ1n) is 13.9. The molecule has 0 saturated heterocycles. The average molecular weight is 645 g/mol. The highest BCUT2D eigenvalue weighted by Crippen LogP contribution is 2.24. The fourth-order valence-electron chi connectivity index (χ4n) is 3.79. The van der Waals surface area contributed by atoms with Crippen LogP contribution in [0.5, 0.6) is 23.0 Å². The zero-order chi connectivity index (χ0) is 34.2. The summed E-state index contributed by atoms with van der Waals surface area (Å²) in [5.74, 6) is -3.87. The largest absolute Gasteiger partial charge is 0.508 e. The number of carbonyl (C=O) groups excluding carboxylic acids is 1. The van der Waals surface area contributed by atoms with Crippen LogP contribution < -0.4 is 14.2 Å². The second kappa shape index (κ2) is 17.5. The maximum absolute atomic E-state index is 12.7. The number of rotatable bonds is 14. The Morgan fingerprint density at radius 1 is 0.723 bits per heavy atom. The Kier molecular flexibility index (Phi) is 13.2. The van der Waals surface area contributed by atoms with Crippen LogP contribution in [0.15, 0.2) is 97.1 Å². The van der Waals surface area contributed by atoms with E-state index in [1.807, 2.05) is 42.5 Å². The van der Waals surface area contributed by atoms with E-state index in [1.165, 1.54) is 38.1 Å². The van der Waals surface area contributed by atoms with Gasteiger partial charge in [-0.15, -0.1) is 0 Å². The van der Waals surface area contributed by atoms with Crippen LogP contribution in [-0.4, -0.2) is 52.2 Å². The number of benzene rings is 4. The third-order valence-corrected chi connectivity index (χ3v) is 5.86. The molecule has 0 radical (unpaired) electrons. The van der Waals surface area contributed by atoms with E-state index in [1.54, 1.807) is 24.3 Å². The van der Waals surface area contributed by atoms with Gasteiger partial charge in [-0.2, -0.15) is 4.89 Å². The minimum Gasteiger partial charge on any atom is -0.508 e. The number of carbonyl (C=O) groups is 3. The summed E-state index contributed by atoms with van der Waals surface area (Å²) in [5.41, 5.74) is -0.500. The van der Waals surface area contributed by atoms with Crippen molar-refractivity contribution in [1.29, 1.82) is 0 Å². The van der Waals surface area contributed by atoms with Gasteiger partial charge in [0.15, 0.2) is 0 Å². The molecule has 0 atom stereocenters. The number of terminal acetylenes is 1. The minimum atomic E-state index is -1.71. The van der Waals surface area contributed by atoms with Crippen LogP contribution in [-0.2, 0) is 21.1 Å². The lowest BCUT2D eigenvalue weighted by Gasteiger charge is -2.24. The lowest BCUT2D eigenvalue weighted by Crippen LogP contribution is -2.32. The molecule has 4 aromatic carbocycles. The van der Waals surface area contributed by atoms with Gasteiger partial charge in [-0.3, -0.25) is 0 Å². The molecular weight excluding hydrogens is 612 g/mol. The SMILES string of the molecule is C#COc1ccc(C(=O)O)c(C(=O)OC(C)(C)OOCc2cc(OCCOc3ccccc3)ccc2C(=O)O)c1.Oc1ccccc1. The molecule has 4 aromatic rings. The average Bonchev–Trinajstić information content (AvgIpc) is 3.04. The predicted octanol–water partition coefficient (Wildman–Crippen LogP) is 5.94. The summed E-state index contributed by atoms with van der Waals surface area (Å²) >= 11 is 0. The molecule has 0 unspecified atom stereocenters. The number of aromatic carboxylic acids is 2. The number of hydrogen-bond acceptors (Lipinski definition) is 10. The first kappa shape index (κ1) is 35.4. The van der Waals surface area contributed by atoms with Crippen molar-refractivity contribution in [3.05, 3.63) is 119 Å². The smallest absolute Gasteiger partial charge is 0.341 e. The Morgan fingerprint density at radius 3 is 1.87 bits per heavy atom. The van der Waals surface area contributed by atoms with Crippen molar-refractivity contribution in [2.75, 3.05) is 13.2 Å². The molecule has 0 bridgehead atoms. The number of ether oxygens (including phenoxy) is 4. The molecule has 0 amide bonds. The molecule has 0 heterocycles. The molecule has 4 rings (SSSR count). The molecular formula is C35H32O12. The number of phenolic OH excluding ortho intramolecular Hbond substituents is 1. The molecule has 0 aromatic heterocycles. The van der Waals surface area contributed by atoms with Gasteiger partial charge in [-0.25, -0.2) is 19.3 Å². The highest BCUT2D eigenvalue weighted by Gasteiger charge is 2.29. The van der Waals surface area contributed by atoms with Gasteiger partial charge < -0.3 is 34.3 Å². The monoisotopic (exact) mass is 644 g/mol. The van der Waals surface area contributed by atoms with Crippen LogP contribution in [0.25, 0.3) is 0 Å². The second-order valence-corrected chi connectivity index (χ2v) is 9.84. The third-order valence-electron chi connectivity index (χ3n) is 5.86. The van der Waals surface area contributed by atoms with Gasteiger partial charge in [0.1, 0.15) is 48.9 Å². The second-order valence-electron chi connectivity index (χ2n) is 9.84. The summed E-state index contributed by atoms with van der Waals surface area (Å²) in [6, 6.07) is 25.8. The van der Waals surface area contributed by atoms with Crippen molar-refractivity contribution in [3.8, 4) is 35.5 Å². The normalized spacial score (nSPS) is 10.4. The molecule has 12 nitrogen and oxygen atoms in total. The zero-order valence-electron chi connectivity index (χ0n) is 25.5. The third kappa shape index (κ3) is 11.8. The van der Waals surface area contributed by atoms with E-state index < -0.39 is 23.7 Å². The van der Waals surface area contributed by atoms with E-state index >= 15 is 0 Å². The lowest BCUT2D eigenvalue weighted by atomic mass is 10.1. The Labute approximate surface area is 270 Å². The van der Waals surface area contributed by atoms with Gasteiger partial charge in [-0.05, 0) is 66.2 Å². The van der Waals surface area contributed by atoms with Crippen molar-refractivity contribution < 1.29 is 58.4 Å². The van der Waals surface area contributed by atoms with Crippen LogP contribution in [0, 0.1) is 12.5 Å². The van der Waals surface area contributed by atoms with E-state index in [2.05, 4.69) is 0 Å². The molecule has 12 heteroatoms. The van der Waals surface area contributed by atoms with Gasteiger partial charge in [0.05, 0.1) is 16.7 Å². The molecule has 47 heavy (non-hydrogen) atoms. The Morgan fingerprint density at radius 2 is 1.30 bits per heavy atom. The molecule has 0 saturated carbocycles. The summed E-state index contributed by atoms with van der Waals surface area (Å²) < 4.78 is 21.4. The standard InChI is InChI=1S/C29H26O11.C6H6O/c1-4-35-22-11-13-24(27(32)33)25(17-22)28(34)39-29(2,3)40-38-18-19-16-21(10-12-23(19)26(30)31)37-15-14-36-20-8-6-5-7-9-20;7-6-4-2-1-3-5-6/h1,5-13,16-17H,14-15,18H2,2-3H3,(H,30,31)(H,32,33);1-5,7H. The first-order chi connectivity index (χ1) is 22.5. The van der Waals surface area contributed by atoms with Crippen LogP contribution in [0.4, 0.5) is 0 Å². The van der Waals surface area contributed by atoms with Gasteiger partial charge in [-0.1, -0.05) is 42.8 Å². The minimum absolute atomic E-state index is 0.0530. The van der Waals surface area contributed by atoms with E-state index in [9.17, 15) is 24.6 Å². The topological polar surface area (TPSA) is 167 Å². The highest BCUT2D eigenvalue weighted by molar-refractivity contribution is 6.02. The Balaban J connectivity index is 0.000000756. The van der Waals surface area contributed by atoms with Crippen molar-refractivity contribution >= 4 is 17.9 Å². The number of carboxylic acid groups (broad SMARTS) is 2. The van der Waals surface area contributed by atoms with Crippen molar-refractivity contribution in [2.45, 2.75) is 26.2 Å². The maximum Gasteiger partial charge on any atom is 0.341 e. The van der Waals surface area contributed by atoms with Crippen LogP contribution >= 0.6 is 0 Å². The molecule has 0 aliphatic carbocycles. The number of hydrogen-bond donors (Lipinski definition) is 3. The lowest BCUT2D eigenvalue weighted by molar-refractivity contribution is -0.411. The number of esters is 1. The summed E-state index contributed by atoms with van der Waals surface area (Å²) in [6.07, 6.45) is 7.02. The van der Waals surface area contributed by atoms with Crippen LogP contribution in [0.2, 0.25) is 0 Å². The first-order valence-corrected chi connectivity index (χ1v) is 13.9. The van der Waals surface area contributed by atoms with Crippen molar-refractivity contribution in [3.63, 3.8) is 0 Å². The van der Waals surface area contributed by atoms with Crippen LogP contribution in [0.1, 0.15) is 50.5 Å². The van der Waals surface area contributed by atoms with E-state index in [0.717, 1.165) is 12.1 Å². The number of aromatic hydroxyl groups is 1. The quantitative estimate of drug-likeness (QED) is 0.0369. The van der Waals surface area contributed by atoms with E-state index in [0.29, 0.717) is 17.2 Å². The fraction of sp³-hybridized carbons (Fsp3) is 0.171. The van der Waals surface area contributed by atoms with Gasteiger partial charge in [0.2, 0.25) is 5.79 Å².